The quantitative estimate of drug-likeness (QED) is 0.689. The maximum atomic E-state index is 14.0. The molecule has 1 N–H and O–H groups in total. The Hall–Kier alpha value is -2.20. The summed E-state index contributed by atoms with van der Waals surface area (Å²) in [6.07, 6.45) is 0.644. The number of hydrogen-bond donors (Lipinski definition) is 1. The first-order chi connectivity index (χ1) is 9.61. The van der Waals surface area contributed by atoms with Gasteiger partial charge in [0.25, 0.3) is 0 Å². The highest BCUT2D eigenvalue weighted by molar-refractivity contribution is 6.31. The highest BCUT2D eigenvalue weighted by Crippen LogP contribution is 2.32. The molecule has 0 radical (unpaired) electrons. The molecule has 3 rings (SSSR count). The maximum Gasteiger partial charge on any atom is 0.165 e. The lowest BCUT2D eigenvalue weighted by atomic mass is 10.1. The number of aldehydes is 1. The number of hydrogen-bond acceptors (Lipinski definition) is 1. The molecule has 0 aliphatic rings. The number of carbonyl (C=O) groups excluding carboxylic acids is 1. The zero-order valence-corrected chi connectivity index (χ0v) is 10.8. The van der Waals surface area contributed by atoms with Crippen molar-refractivity contribution in [3.8, 4) is 11.3 Å². The van der Waals surface area contributed by atoms with Gasteiger partial charge >= 0.3 is 0 Å². The van der Waals surface area contributed by atoms with E-state index in [1.807, 2.05) is 0 Å². The number of nitrogens with one attached hydrogen (secondary N) is 1. The number of aromatic nitrogens is 1. The van der Waals surface area contributed by atoms with E-state index >= 15 is 0 Å². The molecule has 0 saturated carbocycles. The normalized spacial score (nSPS) is 10.9. The third-order valence-corrected chi connectivity index (χ3v) is 3.45. The van der Waals surface area contributed by atoms with Gasteiger partial charge in [-0.1, -0.05) is 17.7 Å². The zero-order chi connectivity index (χ0) is 14.3. The van der Waals surface area contributed by atoms with Gasteiger partial charge in [-0.2, -0.15) is 0 Å². The summed E-state index contributed by atoms with van der Waals surface area (Å²) in [6.45, 7) is 0. The third kappa shape index (κ3) is 1.89. The maximum absolute atomic E-state index is 14.0. The fourth-order valence-electron chi connectivity index (χ4n) is 2.19. The Morgan fingerprint density at radius 1 is 1.05 bits per heavy atom. The summed E-state index contributed by atoms with van der Waals surface area (Å²) in [5, 5.41) is 0.420. The average Bonchev–Trinajstić information content (AvgIpc) is 2.83. The van der Waals surface area contributed by atoms with Crippen LogP contribution in [0.1, 0.15) is 10.4 Å². The predicted molar refractivity (Wildman–Crippen MR) is 74.0 cm³/mol. The van der Waals surface area contributed by atoms with Gasteiger partial charge < -0.3 is 4.98 Å². The summed E-state index contributed by atoms with van der Waals surface area (Å²) in [5.74, 6) is -0.993. The van der Waals surface area contributed by atoms with Crippen molar-refractivity contribution >= 4 is 28.8 Å². The summed E-state index contributed by atoms with van der Waals surface area (Å²) in [5.41, 5.74) is 1.53. The number of H-pyrrole nitrogens is 1. The molecule has 2 aromatic carbocycles. The molecule has 0 aliphatic heterocycles. The van der Waals surface area contributed by atoms with Crippen molar-refractivity contribution in [1.29, 1.82) is 0 Å². The molecule has 0 atom stereocenters. The van der Waals surface area contributed by atoms with Gasteiger partial charge in [-0.25, -0.2) is 8.78 Å². The second-order valence-electron chi connectivity index (χ2n) is 4.32. The lowest BCUT2D eigenvalue weighted by Gasteiger charge is -1.99. The summed E-state index contributed by atoms with van der Waals surface area (Å²) in [6, 6.07) is 8.57. The average molecular weight is 292 g/mol. The van der Waals surface area contributed by atoms with Gasteiger partial charge in [0.15, 0.2) is 12.1 Å². The molecule has 0 spiro atoms. The van der Waals surface area contributed by atoms with Crippen LogP contribution in [0.15, 0.2) is 36.4 Å². The Kier molecular flexibility index (Phi) is 3.03. The van der Waals surface area contributed by atoms with E-state index in [1.165, 1.54) is 30.3 Å². The third-order valence-electron chi connectivity index (χ3n) is 3.16. The number of benzene rings is 2. The molecule has 0 bridgehead atoms. The van der Waals surface area contributed by atoms with Gasteiger partial charge in [-0.3, -0.25) is 4.79 Å². The number of halogens is 3. The van der Waals surface area contributed by atoms with Crippen LogP contribution in [-0.4, -0.2) is 11.3 Å². The molecule has 0 fully saturated rings. The topological polar surface area (TPSA) is 32.9 Å². The molecule has 2 nitrogen and oxygen atoms in total. The standard InChI is InChI=1S/C15H8ClF2NO/c16-12-6-5-10-11(7-20)14(19-15(10)13(12)18)8-1-3-9(17)4-2-8/h1-7,19H. The van der Waals surface area contributed by atoms with Crippen LogP contribution < -0.4 is 0 Å². The second-order valence-corrected chi connectivity index (χ2v) is 4.73. The Morgan fingerprint density at radius 3 is 2.40 bits per heavy atom. The molecule has 0 unspecified atom stereocenters. The van der Waals surface area contributed by atoms with Crippen molar-refractivity contribution < 1.29 is 13.6 Å². The fourth-order valence-corrected chi connectivity index (χ4v) is 2.35. The molecular formula is C15H8ClF2NO. The number of aromatic amines is 1. The monoisotopic (exact) mass is 291 g/mol. The lowest BCUT2D eigenvalue weighted by molar-refractivity contribution is 0.112. The molecule has 100 valence electrons. The van der Waals surface area contributed by atoms with Crippen LogP contribution >= 0.6 is 11.6 Å². The Labute approximate surface area is 118 Å². The SMILES string of the molecule is O=Cc1c(-c2ccc(F)cc2)[nH]c2c(F)c(Cl)ccc12. The second kappa shape index (κ2) is 4.72. The van der Waals surface area contributed by atoms with Gasteiger partial charge in [0, 0.05) is 10.9 Å². The van der Waals surface area contributed by atoms with E-state index in [2.05, 4.69) is 4.98 Å². The highest BCUT2D eigenvalue weighted by atomic mass is 35.5. The van der Waals surface area contributed by atoms with Crippen LogP contribution in [0.3, 0.4) is 0 Å². The number of rotatable bonds is 2. The lowest BCUT2D eigenvalue weighted by Crippen LogP contribution is -1.84. The molecule has 5 heteroatoms. The minimum atomic E-state index is -0.611. The van der Waals surface area contributed by atoms with E-state index < -0.39 is 5.82 Å². The van der Waals surface area contributed by atoms with Crippen molar-refractivity contribution in [2.24, 2.45) is 0 Å². The van der Waals surface area contributed by atoms with Crippen molar-refractivity contribution in [2.75, 3.05) is 0 Å². The molecule has 20 heavy (non-hydrogen) atoms. The van der Waals surface area contributed by atoms with E-state index in [4.69, 9.17) is 11.6 Å². The molecular weight excluding hydrogens is 284 g/mol. The van der Waals surface area contributed by atoms with Crippen molar-refractivity contribution in [2.45, 2.75) is 0 Å². The zero-order valence-electron chi connectivity index (χ0n) is 10.1. The van der Waals surface area contributed by atoms with Crippen LogP contribution in [0.5, 0.6) is 0 Å². The summed E-state index contributed by atoms with van der Waals surface area (Å²) in [4.78, 5) is 14.1. The number of fused-ring (bicyclic) bond motifs is 1. The molecule has 0 saturated heterocycles. The Balaban J connectivity index is 2.33. The fraction of sp³-hybridized carbons (Fsp3) is 0. The van der Waals surface area contributed by atoms with Gasteiger partial charge in [0.1, 0.15) is 5.82 Å². The first-order valence-corrected chi connectivity index (χ1v) is 6.20. The van der Waals surface area contributed by atoms with Gasteiger partial charge in [0.2, 0.25) is 0 Å². The Bertz CT molecular complexity index is 809. The van der Waals surface area contributed by atoms with Crippen LogP contribution in [-0.2, 0) is 0 Å². The van der Waals surface area contributed by atoms with E-state index in [-0.39, 0.29) is 16.4 Å². The summed E-state index contributed by atoms with van der Waals surface area (Å²) < 4.78 is 26.9. The predicted octanol–water partition coefficient (Wildman–Crippen LogP) is 4.58. The van der Waals surface area contributed by atoms with Crippen LogP contribution in [0.2, 0.25) is 5.02 Å². The first-order valence-electron chi connectivity index (χ1n) is 5.82. The highest BCUT2D eigenvalue weighted by Gasteiger charge is 2.16. The van der Waals surface area contributed by atoms with E-state index in [9.17, 15) is 13.6 Å². The Morgan fingerprint density at radius 2 is 1.75 bits per heavy atom. The molecule has 1 heterocycles. The van der Waals surface area contributed by atoms with Crippen molar-refractivity contribution in [3.05, 3.63) is 58.6 Å². The minimum absolute atomic E-state index is 0.0261. The van der Waals surface area contributed by atoms with Gasteiger partial charge in [0.05, 0.1) is 16.2 Å². The minimum Gasteiger partial charge on any atom is -0.351 e. The first kappa shape index (κ1) is 12.8. The van der Waals surface area contributed by atoms with Crippen molar-refractivity contribution in [3.63, 3.8) is 0 Å². The summed E-state index contributed by atoms with van der Waals surface area (Å²) >= 11 is 5.73. The van der Waals surface area contributed by atoms with Gasteiger partial charge in [-0.05, 0) is 35.9 Å². The van der Waals surface area contributed by atoms with E-state index in [1.54, 1.807) is 6.07 Å². The van der Waals surface area contributed by atoms with Gasteiger partial charge in [-0.15, -0.1) is 0 Å². The summed E-state index contributed by atoms with van der Waals surface area (Å²) in [7, 11) is 0. The smallest absolute Gasteiger partial charge is 0.165 e. The van der Waals surface area contributed by atoms with Crippen LogP contribution in [0.4, 0.5) is 8.78 Å². The molecule has 1 aromatic heterocycles. The van der Waals surface area contributed by atoms with E-state index in [0.717, 1.165) is 0 Å². The molecule has 0 aliphatic carbocycles. The van der Waals surface area contributed by atoms with Crippen molar-refractivity contribution in [1.82, 2.24) is 4.98 Å². The van der Waals surface area contributed by atoms with Crippen LogP contribution in [0, 0.1) is 11.6 Å². The van der Waals surface area contributed by atoms with E-state index in [0.29, 0.717) is 28.5 Å². The number of carbonyl (C=O) groups is 1. The largest absolute Gasteiger partial charge is 0.351 e. The molecule has 0 amide bonds. The molecule has 3 aromatic rings. The van der Waals surface area contributed by atoms with Crippen LogP contribution in [0.25, 0.3) is 22.2 Å².